The Morgan fingerprint density at radius 2 is 1.93 bits per heavy atom. The number of piperidine rings is 1. The Hall–Kier alpha value is -2.16. The molecule has 13 nitrogen and oxygen atoms in total. The third-order valence-corrected chi connectivity index (χ3v) is 4.80. The van der Waals surface area contributed by atoms with E-state index in [1.165, 1.54) is 4.90 Å². The number of nitrogens with zero attached hydrogens (tertiary/aromatic N) is 2. The van der Waals surface area contributed by atoms with Gasteiger partial charge >= 0.3 is 22.5 Å². The molecule has 4 amide bonds. The minimum Gasteiger partial charge on any atom is -0.444 e. The third kappa shape index (κ3) is 6.42. The van der Waals surface area contributed by atoms with Gasteiger partial charge in [-0.1, -0.05) is 0 Å². The molecule has 2 fully saturated rings. The molecule has 0 aromatic heterocycles. The van der Waals surface area contributed by atoms with Gasteiger partial charge in [-0.05, 0) is 33.6 Å². The predicted octanol–water partition coefficient (Wildman–Crippen LogP) is -0.350. The molecule has 2 rings (SSSR count). The minimum atomic E-state index is -4.34. The molecule has 0 spiro atoms. The number of nitrogens with one attached hydrogen (secondary N) is 2. The molecule has 0 saturated carbocycles. The summed E-state index contributed by atoms with van der Waals surface area (Å²) >= 11 is 0. The fourth-order valence-corrected chi connectivity index (χ4v) is 3.28. The quantitative estimate of drug-likeness (QED) is 0.382. The van der Waals surface area contributed by atoms with Crippen molar-refractivity contribution in [2.75, 3.05) is 26.8 Å². The first-order valence-corrected chi connectivity index (χ1v) is 10.3. The highest BCUT2D eigenvalue weighted by molar-refractivity contribution is 7.81. The largest absolute Gasteiger partial charge is 0.444 e. The van der Waals surface area contributed by atoms with Gasteiger partial charge in [0.05, 0.1) is 19.8 Å². The van der Waals surface area contributed by atoms with E-state index in [9.17, 15) is 22.8 Å². The fourth-order valence-electron chi connectivity index (χ4n) is 2.84. The maximum atomic E-state index is 12.4. The Kier molecular flexibility index (Phi) is 7.26. The second kappa shape index (κ2) is 9.11. The number of hydroxylamine groups is 3. The van der Waals surface area contributed by atoms with Gasteiger partial charge in [0.1, 0.15) is 11.6 Å². The highest BCUT2D eigenvalue weighted by Crippen LogP contribution is 2.30. The van der Waals surface area contributed by atoms with Crippen LogP contribution in [0.4, 0.5) is 9.59 Å². The maximum Gasteiger partial charge on any atom is 0.420 e. The highest BCUT2D eigenvalue weighted by atomic mass is 32.3. The van der Waals surface area contributed by atoms with Crippen molar-refractivity contribution in [1.29, 1.82) is 0 Å². The number of urea groups is 1. The summed E-state index contributed by atoms with van der Waals surface area (Å²) in [6, 6.07) is -2.09. The van der Waals surface area contributed by atoms with Crippen LogP contribution in [0.1, 0.15) is 33.6 Å². The summed E-state index contributed by atoms with van der Waals surface area (Å²) in [5.74, 6) is -0.564. The topological polar surface area (TPSA) is 153 Å². The lowest BCUT2D eigenvalue weighted by Crippen LogP contribution is -2.50. The SMILES string of the molecule is COS(=O)(=O)ON1C(=O)N2C[C@H]1CC[C@H]2C(=O)NOCCNC(=O)OC(C)(C)C. The van der Waals surface area contributed by atoms with E-state index in [0.29, 0.717) is 17.9 Å². The van der Waals surface area contributed by atoms with E-state index in [0.717, 1.165) is 7.11 Å². The van der Waals surface area contributed by atoms with Gasteiger partial charge in [0.15, 0.2) is 0 Å². The second-order valence-corrected chi connectivity index (χ2v) is 8.70. The second-order valence-electron chi connectivity index (χ2n) is 7.40. The first-order valence-electron chi connectivity index (χ1n) is 8.92. The van der Waals surface area contributed by atoms with Crippen molar-refractivity contribution in [1.82, 2.24) is 20.8 Å². The number of ether oxygens (including phenoxy) is 1. The van der Waals surface area contributed by atoms with E-state index in [-0.39, 0.29) is 19.7 Å². The molecule has 14 heteroatoms. The van der Waals surface area contributed by atoms with Crippen LogP contribution in [0.15, 0.2) is 0 Å². The van der Waals surface area contributed by atoms with Gasteiger partial charge in [-0.25, -0.2) is 15.1 Å². The third-order valence-electron chi connectivity index (χ3n) is 4.05. The molecule has 0 radical (unpaired) electrons. The zero-order chi connectivity index (χ0) is 21.8. The van der Waals surface area contributed by atoms with Crippen LogP contribution in [-0.2, 0) is 33.2 Å². The van der Waals surface area contributed by atoms with Crippen molar-refractivity contribution < 1.29 is 40.8 Å². The summed E-state index contributed by atoms with van der Waals surface area (Å²) in [6.07, 6.45) is 0.0496. The van der Waals surface area contributed by atoms with E-state index in [4.69, 9.17) is 9.57 Å². The van der Waals surface area contributed by atoms with Crippen LogP contribution in [-0.4, -0.2) is 80.9 Å². The van der Waals surface area contributed by atoms with Crippen molar-refractivity contribution in [3.8, 4) is 0 Å². The number of alkyl carbamates (subject to hydrolysis) is 1. The maximum absolute atomic E-state index is 12.4. The molecule has 2 saturated heterocycles. The average molecular weight is 438 g/mol. The monoisotopic (exact) mass is 438 g/mol. The van der Waals surface area contributed by atoms with Crippen LogP contribution in [0.25, 0.3) is 0 Å². The number of rotatable bonds is 8. The van der Waals surface area contributed by atoms with Crippen molar-refractivity contribution in [3.63, 3.8) is 0 Å². The summed E-state index contributed by atoms with van der Waals surface area (Å²) in [4.78, 5) is 42.4. The predicted molar refractivity (Wildman–Crippen MR) is 96.1 cm³/mol. The Morgan fingerprint density at radius 3 is 2.55 bits per heavy atom. The van der Waals surface area contributed by atoms with Crippen molar-refractivity contribution >= 4 is 28.4 Å². The normalized spacial score (nSPS) is 21.9. The van der Waals surface area contributed by atoms with Crippen molar-refractivity contribution in [2.24, 2.45) is 0 Å². The molecule has 0 aromatic rings. The lowest BCUT2D eigenvalue weighted by Gasteiger charge is -2.28. The number of fused-ring (bicyclic) bond motifs is 2. The van der Waals surface area contributed by atoms with Gasteiger partial charge in [0.2, 0.25) is 0 Å². The molecular weight excluding hydrogens is 412 g/mol. The van der Waals surface area contributed by atoms with Gasteiger partial charge in [0.25, 0.3) is 5.91 Å². The van der Waals surface area contributed by atoms with Crippen LogP contribution in [0, 0.1) is 0 Å². The summed E-state index contributed by atoms with van der Waals surface area (Å²) in [5.41, 5.74) is 1.60. The average Bonchev–Trinajstić information content (AvgIpc) is 2.84. The first kappa shape index (κ1) is 23.1. The summed E-state index contributed by atoms with van der Waals surface area (Å²) < 4.78 is 36.8. The van der Waals surface area contributed by atoms with Crippen LogP contribution in [0.5, 0.6) is 0 Å². The Labute approximate surface area is 168 Å². The molecule has 0 unspecified atom stereocenters. The molecule has 29 heavy (non-hydrogen) atoms. The van der Waals surface area contributed by atoms with E-state index < -0.39 is 46.1 Å². The van der Waals surface area contributed by atoms with Gasteiger partial charge in [-0.15, -0.1) is 4.28 Å². The van der Waals surface area contributed by atoms with Crippen LogP contribution in [0.2, 0.25) is 0 Å². The van der Waals surface area contributed by atoms with E-state index in [2.05, 4.69) is 19.3 Å². The molecule has 2 aliphatic rings. The smallest absolute Gasteiger partial charge is 0.420 e. The lowest BCUT2D eigenvalue weighted by molar-refractivity contribution is -0.138. The number of carbonyl (C=O) groups is 3. The molecule has 2 bridgehead atoms. The summed E-state index contributed by atoms with van der Waals surface area (Å²) in [7, 11) is -3.43. The molecule has 2 aliphatic heterocycles. The van der Waals surface area contributed by atoms with Gasteiger partial charge in [-0.3, -0.25) is 13.8 Å². The summed E-state index contributed by atoms with van der Waals surface area (Å²) in [5, 5.41) is 3.17. The number of amides is 4. The highest BCUT2D eigenvalue weighted by Gasteiger charge is 2.49. The number of hydrogen-bond acceptors (Lipinski definition) is 9. The Balaban J connectivity index is 1.77. The van der Waals surface area contributed by atoms with E-state index in [1.807, 2.05) is 0 Å². The Bertz CT molecular complexity index is 737. The fraction of sp³-hybridized carbons (Fsp3) is 0.800. The summed E-state index contributed by atoms with van der Waals surface area (Å²) in [6.45, 7) is 5.41. The molecule has 0 aliphatic carbocycles. The van der Waals surface area contributed by atoms with Crippen molar-refractivity contribution in [3.05, 3.63) is 0 Å². The molecule has 166 valence electrons. The van der Waals surface area contributed by atoms with Crippen molar-refractivity contribution in [2.45, 2.75) is 51.3 Å². The van der Waals surface area contributed by atoms with Crippen LogP contribution < -0.4 is 10.8 Å². The molecular formula is C15H26N4O9S. The van der Waals surface area contributed by atoms with Crippen LogP contribution >= 0.6 is 0 Å². The zero-order valence-corrected chi connectivity index (χ0v) is 17.5. The minimum absolute atomic E-state index is 0.0183. The number of hydrogen-bond donors (Lipinski definition) is 2. The lowest BCUT2D eigenvalue weighted by atomic mass is 10.0. The number of carbonyl (C=O) groups excluding carboxylic acids is 3. The van der Waals surface area contributed by atoms with E-state index in [1.54, 1.807) is 20.8 Å². The van der Waals surface area contributed by atoms with Gasteiger partial charge in [-0.2, -0.15) is 13.5 Å². The van der Waals surface area contributed by atoms with Crippen LogP contribution in [0.3, 0.4) is 0 Å². The van der Waals surface area contributed by atoms with E-state index >= 15 is 0 Å². The van der Waals surface area contributed by atoms with Gasteiger partial charge in [0, 0.05) is 13.1 Å². The van der Waals surface area contributed by atoms with Gasteiger partial charge < -0.3 is 15.0 Å². The molecule has 2 atom stereocenters. The zero-order valence-electron chi connectivity index (χ0n) is 16.7. The molecule has 2 heterocycles. The molecule has 0 aromatic carbocycles. The standard InChI is InChI=1S/C15H26N4O9S/c1-15(2,3)27-13(21)16-7-8-26-17-12(20)11-6-5-10-9-18(11)14(22)19(10)28-29(23,24)25-4/h10-11H,5-9H2,1-4H3,(H,16,21)(H,17,20)/t10-,11+/m1/s1. The molecule has 2 N–H and O–H groups in total. The Morgan fingerprint density at radius 1 is 1.24 bits per heavy atom. The first-order chi connectivity index (χ1) is 13.4.